The van der Waals surface area contributed by atoms with E-state index in [2.05, 4.69) is 25.2 Å². The van der Waals surface area contributed by atoms with Crippen molar-refractivity contribution in [1.82, 2.24) is 10.2 Å². The molecule has 2 aromatic rings. The number of nitrogens with one attached hydrogen (secondary N) is 1. The number of piperidine rings is 1. The van der Waals surface area contributed by atoms with Crippen LogP contribution >= 0.6 is 11.3 Å². The van der Waals surface area contributed by atoms with Crippen molar-refractivity contribution in [2.45, 2.75) is 57.7 Å². The first-order valence-electron chi connectivity index (χ1n) is 10.0. The fraction of sp³-hybridized carbons (Fsp3) is 0.500. The topological polar surface area (TPSA) is 41.6 Å². The zero-order valence-corrected chi connectivity index (χ0v) is 17.4. The molecular weight excluding hydrogens is 375 g/mol. The van der Waals surface area contributed by atoms with Crippen molar-refractivity contribution in [2.75, 3.05) is 13.2 Å². The maximum Gasteiger partial charge on any atom is 0.261 e. The number of amides is 1. The molecule has 1 aliphatic heterocycles. The summed E-state index contributed by atoms with van der Waals surface area (Å²) in [5.41, 5.74) is 0.187. The molecule has 2 heterocycles. The van der Waals surface area contributed by atoms with Crippen LogP contribution in [0.2, 0.25) is 0 Å². The highest BCUT2D eigenvalue weighted by Crippen LogP contribution is 2.29. The molecule has 1 N–H and O–H groups in total. The molecule has 1 unspecified atom stereocenters. The second-order valence-corrected chi connectivity index (χ2v) is 8.44. The predicted molar refractivity (Wildman–Crippen MR) is 111 cm³/mol. The number of rotatable bonds is 8. The van der Waals surface area contributed by atoms with E-state index in [9.17, 15) is 9.18 Å². The Morgan fingerprint density at radius 3 is 2.75 bits per heavy atom. The van der Waals surface area contributed by atoms with Gasteiger partial charge in [-0.1, -0.05) is 26.0 Å². The number of ether oxygens (including phenoxy) is 1. The average Bonchev–Trinajstić information content (AvgIpc) is 3.24. The molecule has 0 spiro atoms. The molecule has 1 aromatic carbocycles. The molecule has 0 saturated carbocycles. The maximum atomic E-state index is 13.4. The van der Waals surface area contributed by atoms with Crippen LogP contribution in [-0.2, 0) is 11.3 Å². The van der Waals surface area contributed by atoms with Crippen LogP contribution < -0.4 is 10.1 Å². The van der Waals surface area contributed by atoms with Gasteiger partial charge in [-0.05, 0) is 49.3 Å². The Hall–Kier alpha value is -1.92. The van der Waals surface area contributed by atoms with E-state index in [-0.39, 0.29) is 29.9 Å². The lowest BCUT2D eigenvalue weighted by atomic mass is 9.82. The first kappa shape index (κ1) is 20.8. The fourth-order valence-corrected chi connectivity index (χ4v) is 4.57. The van der Waals surface area contributed by atoms with E-state index in [1.54, 1.807) is 23.5 Å². The first-order chi connectivity index (χ1) is 13.5. The molecule has 3 rings (SSSR count). The molecule has 1 amide bonds. The molecular formula is C22H29FN2O2S. The number of halogens is 1. The third kappa shape index (κ3) is 5.11. The molecule has 6 heteroatoms. The van der Waals surface area contributed by atoms with Crippen LogP contribution in [0.5, 0.6) is 5.75 Å². The average molecular weight is 405 g/mol. The van der Waals surface area contributed by atoms with Crippen LogP contribution in [0.25, 0.3) is 0 Å². The Balaban J connectivity index is 1.67. The molecule has 1 fully saturated rings. The Bertz CT molecular complexity index is 752. The minimum Gasteiger partial charge on any atom is -0.484 e. The molecule has 0 radical (unpaired) electrons. The van der Waals surface area contributed by atoms with Crippen LogP contribution in [0.3, 0.4) is 0 Å². The standard InChI is InChI=1S/C22H29FN2O2S/c1-3-22(4-2)11-10-18(14-24-22)25(15-20-9-6-12-28-20)21(26)16-27-19-8-5-7-17(23)13-19/h5-9,12-13,18,24H,3-4,10-11,14-16H2,1-2H3. The van der Waals surface area contributed by atoms with Crippen molar-refractivity contribution in [2.24, 2.45) is 0 Å². The smallest absolute Gasteiger partial charge is 0.261 e. The molecule has 0 aliphatic carbocycles. The van der Waals surface area contributed by atoms with Crippen molar-refractivity contribution in [3.8, 4) is 5.75 Å². The number of nitrogens with zero attached hydrogens (tertiary/aromatic N) is 1. The Morgan fingerprint density at radius 2 is 2.14 bits per heavy atom. The van der Waals surface area contributed by atoms with Gasteiger partial charge in [0.1, 0.15) is 11.6 Å². The molecule has 1 atom stereocenters. The largest absolute Gasteiger partial charge is 0.484 e. The number of carbonyl (C=O) groups excluding carboxylic acids is 1. The van der Waals surface area contributed by atoms with Crippen molar-refractivity contribution in [3.05, 3.63) is 52.5 Å². The van der Waals surface area contributed by atoms with Gasteiger partial charge in [0.15, 0.2) is 6.61 Å². The summed E-state index contributed by atoms with van der Waals surface area (Å²) in [5.74, 6) is -0.0560. The Morgan fingerprint density at radius 1 is 1.32 bits per heavy atom. The molecule has 0 bridgehead atoms. The predicted octanol–water partition coefficient (Wildman–Crippen LogP) is 4.61. The van der Waals surface area contributed by atoms with Crippen molar-refractivity contribution in [3.63, 3.8) is 0 Å². The Kier molecular flexibility index (Phi) is 7.08. The van der Waals surface area contributed by atoms with Gasteiger partial charge in [0.2, 0.25) is 0 Å². The van der Waals surface area contributed by atoms with Crippen molar-refractivity contribution in [1.29, 1.82) is 0 Å². The summed E-state index contributed by atoms with van der Waals surface area (Å²) in [6, 6.07) is 10.1. The van der Waals surface area contributed by atoms with Gasteiger partial charge in [-0.15, -0.1) is 11.3 Å². The molecule has 4 nitrogen and oxygen atoms in total. The van der Waals surface area contributed by atoms with Crippen LogP contribution in [0.15, 0.2) is 41.8 Å². The van der Waals surface area contributed by atoms with Crippen LogP contribution in [-0.4, -0.2) is 35.5 Å². The van der Waals surface area contributed by atoms with Crippen molar-refractivity contribution >= 4 is 17.2 Å². The highest BCUT2D eigenvalue weighted by molar-refractivity contribution is 7.09. The Labute approximate surface area is 170 Å². The lowest BCUT2D eigenvalue weighted by Gasteiger charge is -2.44. The van der Waals surface area contributed by atoms with Gasteiger partial charge < -0.3 is 15.0 Å². The third-order valence-corrected chi connectivity index (χ3v) is 6.71. The van der Waals surface area contributed by atoms with E-state index in [1.807, 2.05) is 16.3 Å². The lowest BCUT2D eigenvalue weighted by Crippen LogP contribution is -2.57. The second kappa shape index (κ2) is 9.52. The van der Waals surface area contributed by atoms with E-state index < -0.39 is 0 Å². The van der Waals surface area contributed by atoms with Gasteiger partial charge >= 0.3 is 0 Å². The van der Waals surface area contributed by atoms with Gasteiger partial charge in [-0.3, -0.25) is 4.79 Å². The summed E-state index contributed by atoms with van der Waals surface area (Å²) >= 11 is 1.65. The summed E-state index contributed by atoms with van der Waals surface area (Å²) in [6.07, 6.45) is 4.23. The monoisotopic (exact) mass is 404 g/mol. The SMILES string of the molecule is CCC1(CC)CCC(N(Cc2cccs2)C(=O)COc2cccc(F)c2)CN1. The normalized spacial score (nSPS) is 18.6. The number of benzene rings is 1. The van der Waals surface area contributed by atoms with E-state index in [4.69, 9.17) is 4.74 Å². The van der Waals surface area contributed by atoms with Crippen LogP contribution in [0, 0.1) is 5.82 Å². The molecule has 28 heavy (non-hydrogen) atoms. The highest BCUT2D eigenvalue weighted by Gasteiger charge is 2.35. The quantitative estimate of drug-likeness (QED) is 0.699. The molecule has 1 aliphatic rings. The fourth-order valence-electron chi connectivity index (χ4n) is 3.86. The van der Waals surface area contributed by atoms with E-state index in [1.165, 1.54) is 12.1 Å². The van der Waals surface area contributed by atoms with Gasteiger partial charge in [0, 0.05) is 29.1 Å². The number of thiophene rings is 1. The van der Waals surface area contributed by atoms with E-state index in [0.717, 1.165) is 37.1 Å². The minimum atomic E-state index is -0.368. The first-order valence-corrected chi connectivity index (χ1v) is 10.9. The summed E-state index contributed by atoms with van der Waals surface area (Å²) in [7, 11) is 0. The summed E-state index contributed by atoms with van der Waals surface area (Å²) in [6.45, 7) is 5.73. The lowest BCUT2D eigenvalue weighted by molar-refractivity contribution is -0.137. The molecule has 152 valence electrons. The third-order valence-electron chi connectivity index (χ3n) is 5.85. The van der Waals surface area contributed by atoms with Gasteiger partial charge in [0.05, 0.1) is 6.54 Å². The zero-order valence-electron chi connectivity index (χ0n) is 16.6. The van der Waals surface area contributed by atoms with E-state index in [0.29, 0.717) is 12.3 Å². The van der Waals surface area contributed by atoms with Crippen LogP contribution in [0.4, 0.5) is 4.39 Å². The zero-order chi connectivity index (χ0) is 20.0. The second-order valence-electron chi connectivity index (χ2n) is 7.41. The summed E-state index contributed by atoms with van der Waals surface area (Å²) < 4.78 is 18.9. The summed E-state index contributed by atoms with van der Waals surface area (Å²) in [4.78, 5) is 16.1. The van der Waals surface area contributed by atoms with Crippen LogP contribution in [0.1, 0.15) is 44.4 Å². The van der Waals surface area contributed by atoms with Gasteiger partial charge in [-0.2, -0.15) is 0 Å². The number of hydrogen-bond donors (Lipinski definition) is 1. The number of hydrogen-bond acceptors (Lipinski definition) is 4. The number of carbonyl (C=O) groups is 1. The summed E-state index contributed by atoms with van der Waals surface area (Å²) in [5, 5.41) is 5.72. The van der Waals surface area contributed by atoms with Crippen molar-refractivity contribution < 1.29 is 13.9 Å². The van der Waals surface area contributed by atoms with Gasteiger partial charge in [0.25, 0.3) is 5.91 Å². The maximum absolute atomic E-state index is 13.4. The highest BCUT2D eigenvalue weighted by atomic mass is 32.1. The minimum absolute atomic E-state index is 0.0649. The molecule has 1 aromatic heterocycles. The van der Waals surface area contributed by atoms with E-state index >= 15 is 0 Å². The van der Waals surface area contributed by atoms with Gasteiger partial charge in [-0.25, -0.2) is 4.39 Å². The molecule has 1 saturated heterocycles.